The molecule has 0 radical (unpaired) electrons. The first-order valence-corrected chi connectivity index (χ1v) is 6.09. The Morgan fingerprint density at radius 3 is 2.44 bits per heavy atom. The normalized spacial score (nSPS) is 16.1. The van der Waals surface area contributed by atoms with Crippen LogP contribution in [-0.2, 0) is 19.1 Å². The average Bonchev–Trinajstić information content (AvgIpc) is 2.34. The van der Waals surface area contributed by atoms with E-state index in [0.29, 0.717) is 13.1 Å². The predicted octanol–water partition coefficient (Wildman–Crippen LogP) is 0.0188. The molecular formula is C12H20N2O4. The van der Waals surface area contributed by atoms with E-state index in [4.69, 9.17) is 0 Å². The monoisotopic (exact) mass is 256 g/mol. The van der Waals surface area contributed by atoms with E-state index in [1.165, 1.54) is 12.0 Å². The molecule has 0 saturated carbocycles. The minimum Gasteiger partial charge on any atom is -0.469 e. The summed E-state index contributed by atoms with van der Waals surface area (Å²) in [5.41, 5.74) is 0. The van der Waals surface area contributed by atoms with Gasteiger partial charge in [-0.2, -0.15) is 0 Å². The highest BCUT2D eigenvalue weighted by Crippen LogP contribution is 2.09. The zero-order valence-corrected chi connectivity index (χ0v) is 11.1. The molecule has 1 heterocycles. The van der Waals surface area contributed by atoms with E-state index in [0.717, 1.165) is 0 Å². The van der Waals surface area contributed by atoms with E-state index < -0.39 is 5.97 Å². The van der Waals surface area contributed by atoms with E-state index in [2.05, 4.69) is 4.74 Å². The topological polar surface area (TPSA) is 66.9 Å². The highest BCUT2D eigenvalue weighted by molar-refractivity contribution is 5.87. The van der Waals surface area contributed by atoms with Gasteiger partial charge in [0.25, 0.3) is 0 Å². The minimum atomic E-state index is -0.407. The molecule has 18 heavy (non-hydrogen) atoms. The number of hydrogen-bond donors (Lipinski definition) is 0. The average molecular weight is 256 g/mol. The van der Waals surface area contributed by atoms with Gasteiger partial charge >= 0.3 is 5.97 Å². The van der Waals surface area contributed by atoms with Crippen LogP contribution in [0.5, 0.6) is 0 Å². The molecule has 1 rings (SSSR count). The van der Waals surface area contributed by atoms with Crippen molar-refractivity contribution in [2.45, 2.75) is 32.7 Å². The SMILES string of the molecule is COC(=O)CCC(=O)N1CCN(C(C)C)C(=O)C1. The molecule has 2 amide bonds. The van der Waals surface area contributed by atoms with E-state index >= 15 is 0 Å². The molecule has 0 spiro atoms. The van der Waals surface area contributed by atoms with Gasteiger partial charge in [0.15, 0.2) is 0 Å². The summed E-state index contributed by atoms with van der Waals surface area (Å²) < 4.78 is 4.47. The first kappa shape index (κ1) is 14.5. The maximum absolute atomic E-state index is 11.8. The third-order valence-corrected chi connectivity index (χ3v) is 3.00. The molecular weight excluding hydrogens is 236 g/mol. The molecule has 0 aromatic carbocycles. The number of esters is 1. The van der Waals surface area contributed by atoms with Gasteiger partial charge in [0.05, 0.1) is 20.1 Å². The number of methoxy groups -OCH3 is 1. The van der Waals surface area contributed by atoms with Crippen molar-refractivity contribution in [2.75, 3.05) is 26.7 Å². The van der Waals surface area contributed by atoms with Crippen molar-refractivity contribution in [3.05, 3.63) is 0 Å². The molecule has 0 unspecified atom stereocenters. The van der Waals surface area contributed by atoms with Crippen LogP contribution in [0.25, 0.3) is 0 Å². The van der Waals surface area contributed by atoms with E-state index in [-0.39, 0.29) is 37.2 Å². The minimum absolute atomic E-state index is 0.0392. The quantitative estimate of drug-likeness (QED) is 0.665. The van der Waals surface area contributed by atoms with Crippen LogP contribution < -0.4 is 0 Å². The second-order valence-electron chi connectivity index (χ2n) is 4.57. The maximum Gasteiger partial charge on any atom is 0.306 e. The molecule has 1 fully saturated rings. The first-order chi connectivity index (χ1) is 8.45. The molecule has 0 bridgehead atoms. The smallest absolute Gasteiger partial charge is 0.306 e. The van der Waals surface area contributed by atoms with Crippen LogP contribution in [-0.4, -0.2) is 60.4 Å². The van der Waals surface area contributed by atoms with Gasteiger partial charge in [-0.15, -0.1) is 0 Å². The fraction of sp³-hybridized carbons (Fsp3) is 0.750. The second kappa shape index (κ2) is 6.37. The summed E-state index contributed by atoms with van der Waals surface area (Å²) in [5, 5.41) is 0. The molecule has 1 aliphatic rings. The summed E-state index contributed by atoms with van der Waals surface area (Å²) in [4.78, 5) is 37.8. The Kier molecular flexibility index (Phi) is 5.12. The fourth-order valence-electron chi connectivity index (χ4n) is 1.91. The van der Waals surface area contributed by atoms with Gasteiger partial charge in [0.2, 0.25) is 11.8 Å². The number of hydrogen-bond acceptors (Lipinski definition) is 4. The molecule has 1 aliphatic heterocycles. The third kappa shape index (κ3) is 3.72. The Morgan fingerprint density at radius 1 is 1.28 bits per heavy atom. The van der Waals surface area contributed by atoms with Gasteiger partial charge < -0.3 is 14.5 Å². The molecule has 102 valence electrons. The Morgan fingerprint density at radius 2 is 1.94 bits per heavy atom. The number of piperazine rings is 1. The Balaban J connectivity index is 2.43. The summed E-state index contributed by atoms with van der Waals surface area (Å²) in [6.45, 7) is 5.10. The number of rotatable bonds is 4. The lowest BCUT2D eigenvalue weighted by molar-refractivity contribution is -0.148. The van der Waals surface area contributed by atoms with Crippen molar-refractivity contribution in [1.82, 2.24) is 9.80 Å². The molecule has 6 heteroatoms. The Labute approximate surface area is 107 Å². The maximum atomic E-state index is 11.8. The van der Waals surface area contributed by atoms with Gasteiger partial charge in [-0.3, -0.25) is 14.4 Å². The largest absolute Gasteiger partial charge is 0.469 e. The summed E-state index contributed by atoms with van der Waals surface area (Å²) in [7, 11) is 1.29. The van der Waals surface area contributed by atoms with E-state index in [1.54, 1.807) is 4.90 Å². The van der Waals surface area contributed by atoms with Crippen LogP contribution in [0.1, 0.15) is 26.7 Å². The third-order valence-electron chi connectivity index (χ3n) is 3.00. The van der Waals surface area contributed by atoms with Crippen LogP contribution in [0.2, 0.25) is 0 Å². The summed E-state index contributed by atoms with van der Waals surface area (Å²) in [5.74, 6) is -0.615. The number of carbonyl (C=O) groups excluding carboxylic acids is 3. The van der Waals surface area contributed by atoms with Crippen LogP contribution in [0.3, 0.4) is 0 Å². The standard InChI is InChI=1S/C12H20N2O4/c1-9(2)14-7-6-13(8-11(14)16)10(15)4-5-12(17)18-3/h9H,4-8H2,1-3H3. The van der Waals surface area contributed by atoms with Crippen molar-refractivity contribution < 1.29 is 19.1 Å². The van der Waals surface area contributed by atoms with Crippen LogP contribution in [0, 0.1) is 0 Å². The van der Waals surface area contributed by atoms with Crippen LogP contribution >= 0.6 is 0 Å². The lowest BCUT2D eigenvalue weighted by Gasteiger charge is -2.36. The van der Waals surface area contributed by atoms with Gasteiger partial charge in [-0.25, -0.2) is 0 Å². The fourth-order valence-corrected chi connectivity index (χ4v) is 1.91. The molecule has 0 atom stereocenters. The molecule has 0 aromatic heterocycles. The number of nitrogens with zero attached hydrogens (tertiary/aromatic N) is 2. The second-order valence-corrected chi connectivity index (χ2v) is 4.57. The molecule has 1 saturated heterocycles. The summed E-state index contributed by atoms with van der Waals surface area (Å²) in [6, 6.07) is 0.157. The van der Waals surface area contributed by atoms with Crippen LogP contribution in [0.15, 0.2) is 0 Å². The zero-order valence-electron chi connectivity index (χ0n) is 11.1. The molecule has 0 N–H and O–H groups in total. The van der Waals surface area contributed by atoms with Gasteiger partial charge in [0, 0.05) is 25.6 Å². The zero-order chi connectivity index (χ0) is 13.7. The predicted molar refractivity (Wildman–Crippen MR) is 64.7 cm³/mol. The lowest BCUT2D eigenvalue weighted by Crippen LogP contribution is -2.54. The number of carbonyl (C=O) groups is 3. The Bertz CT molecular complexity index is 341. The van der Waals surface area contributed by atoms with Crippen molar-refractivity contribution in [1.29, 1.82) is 0 Å². The van der Waals surface area contributed by atoms with E-state index in [9.17, 15) is 14.4 Å². The Hall–Kier alpha value is -1.59. The molecule has 0 aromatic rings. The first-order valence-electron chi connectivity index (χ1n) is 6.09. The molecule has 0 aliphatic carbocycles. The lowest BCUT2D eigenvalue weighted by atomic mass is 10.2. The summed E-state index contributed by atoms with van der Waals surface area (Å²) in [6.07, 6.45) is 0.162. The number of ether oxygens (including phenoxy) is 1. The number of amides is 2. The van der Waals surface area contributed by atoms with Crippen molar-refractivity contribution in [3.63, 3.8) is 0 Å². The highest BCUT2D eigenvalue weighted by atomic mass is 16.5. The van der Waals surface area contributed by atoms with Crippen molar-refractivity contribution >= 4 is 17.8 Å². The van der Waals surface area contributed by atoms with E-state index in [1.807, 2.05) is 13.8 Å². The molecule has 6 nitrogen and oxygen atoms in total. The van der Waals surface area contributed by atoms with Gasteiger partial charge in [-0.05, 0) is 13.8 Å². The van der Waals surface area contributed by atoms with Crippen molar-refractivity contribution in [3.8, 4) is 0 Å². The van der Waals surface area contributed by atoms with Gasteiger partial charge in [0.1, 0.15) is 0 Å². The highest BCUT2D eigenvalue weighted by Gasteiger charge is 2.28. The van der Waals surface area contributed by atoms with Crippen LogP contribution in [0.4, 0.5) is 0 Å². The summed E-state index contributed by atoms with van der Waals surface area (Å²) >= 11 is 0. The van der Waals surface area contributed by atoms with Crippen molar-refractivity contribution in [2.24, 2.45) is 0 Å². The van der Waals surface area contributed by atoms with Gasteiger partial charge in [-0.1, -0.05) is 0 Å².